The molecule has 3 heterocycles. The number of benzene rings is 2. The quantitative estimate of drug-likeness (QED) is 0.312. The maximum absolute atomic E-state index is 13.2. The molecule has 0 aliphatic rings. The highest BCUT2D eigenvalue weighted by molar-refractivity contribution is 6.30. The van der Waals surface area contributed by atoms with Gasteiger partial charge in [-0.15, -0.1) is 0 Å². The fraction of sp³-hybridized carbons (Fsp3) is 0.0741. The lowest BCUT2D eigenvalue weighted by atomic mass is 10.1. The Morgan fingerprint density at radius 3 is 2.42 bits per heavy atom. The first-order valence-corrected chi connectivity index (χ1v) is 11.9. The average Bonchev–Trinajstić information content (AvgIpc) is 3.12. The topological polar surface area (TPSA) is 147 Å². The van der Waals surface area contributed by atoms with Gasteiger partial charge in [0, 0.05) is 23.3 Å². The molecular weight excluding hydrogens is 504 g/mol. The third-order valence-electron chi connectivity index (χ3n) is 6.08. The summed E-state index contributed by atoms with van der Waals surface area (Å²) in [4.78, 5) is 39.5. The largest absolute Gasteiger partial charge is 0.384 e. The molecule has 2 aromatic carbocycles. The summed E-state index contributed by atoms with van der Waals surface area (Å²) in [7, 11) is 1.71. The number of carbonyl (C=O) groups excluding carboxylic acids is 1. The first-order chi connectivity index (χ1) is 18.2. The molecule has 38 heavy (non-hydrogen) atoms. The van der Waals surface area contributed by atoms with Crippen molar-refractivity contribution in [3.05, 3.63) is 99.6 Å². The Hall–Kier alpha value is -4.96. The number of halogens is 1. The van der Waals surface area contributed by atoms with Crippen molar-refractivity contribution >= 4 is 34.8 Å². The second kappa shape index (κ2) is 9.83. The maximum atomic E-state index is 13.2. The number of pyridine rings is 1. The number of hydrogen-bond donors (Lipinski definition) is 3. The van der Waals surface area contributed by atoms with Crippen LogP contribution in [0.2, 0.25) is 5.02 Å². The van der Waals surface area contributed by atoms with E-state index >= 15 is 0 Å². The smallest absolute Gasteiger partial charge is 0.284 e. The summed E-state index contributed by atoms with van der Waals surface area (Å²) in [5, 5.41) is 3.28. The van der Waals surface area contributed by atoms with Crippen LogP contribution in [-0.4, -0.2) is 30.2 Å². The Morgan fingerprint density at radius 1 is 0.974 bits per heavy atom. The molecule has 1 amide bonds. The van der Waals surface area contributed by atoms with Gasteiger partial charge in [0.15, 0.2) is 0 Å². The van der Waals surface area contributed by atoms with E-state index in [9.17, 15) is 9.59 Å². The number of aromatic nitrogens is 5. The lowest BCUT2D eigenvalue weighted by Gasteiger charge is -2.09. The molecule has 0 atom stereocenters. The van der Waals surface area contributed by atoms with Crippen molar-refractivity contribution in [1.82, 2.24) is 24.3 Å². The number of nitrogen functional groups attached to an aromatic ring is 2. The van der Waals surface area contributed by atoms with Crippen LogP contribution >= 0.6 is 11.6 Å². The zero-order valence-electron chi connectivity index (χ0n) is 20.5. The van der Waals surface area contributed by atoms with Crippen molar-refractivity contribution in [3.8, 4) is 28.3 Å². The molecule has 0 spiro atoms. The molecule has 0 saturated heterocycles. The summed E-state index contributed by atoms with van der Waals surface area (Å²) in [6, 6.07) is 19.0. The first kappa shape index (κ1) is 24.7. The number of hydrogen-bond acceptors (Lipinski definition) is 7. The van der Waals surface area contributed by atoms with Gasteiger partial charge in [0.1, 0.15) is 28.6 Å². The van der Waals surface area contributed by atoms with Crippen LogP contribution < -0.4 is 22.3 Å². The van der Waals surface area contributed by atoms with Crippen LogP contribution in [0.5, 0.6) is 0 Å². The van der Waals surface area contributed by atoms with Gasteiger partial charge in [0.2, 0.25) is 0 Å². The van der Waals surface area contributed by atoms with E-state index in [1.54, 1.807) is 85.4 Å². The monoisotopic (exact) mass is 526 g/mol. The number of nitrogens with zero attached hydrogens (tertiary/aromatic N) is 5. The second-order valence-electron chi connectivity index (χ2n) is 8.55. The van der Waals surface area contributed by atoms with E-state index in [1.165, 1.54) is 10.9 Å². The van der Waals surface area contributed by atoms with Crippen molar-refractivity contribution in [1.29, 1.82) is 0 Å². The average molecular weight is 527 g/mol. The van der Waals surface area contributed by atoms with Gasteiger partial charge in [0.25, 0.3) is 11.5 Å². The molecule has 0 aliphatic heterocycles. The third-order valence-corrected chi connectivity index (χ3v) is 6.32. The zero-order chi connectivity index (χ0) is 27.0. The fourth-order valence-electron chi connectivity index (χ4n) is 4.10. The summed E-state index contributed by atoms with van der Waals surface area (Å²) < 4.78 is 3.03. The van der Waals surface area contributed by atoms with Gasteiger partial charge in [0.05, 0.1) is 23.3 Å². The molecule has 190 valence electrons. The van der Waals surface area contributed by atoms with Gasteiger partial charge >= 0.3 is 0 Å². The predicted octanol–water partition coefficient (Wildman–Crippen LogP) is 4.07. The highest BCUT2D eigenvalue weighted by Gasteiger charge is 2.22. The summed E-state index contributed by atoms with van der Waals surface area (Å²) in [6.07, 6.45) is 1.54. The van der Waals surface area contributed by atoms with E-state index in [0.717, 1.165) is 0 Å². The summed E-state index contributed by atoms with van der Waals surface area (Å²) in [6.45, 7) is 1.71. The SMILES string of the molecule is Cc1c(C(=O)Nc2ccc(-c3nc(-c4cccc(N)n4)cnc3N)cc2)c(=O)n(-c2cccc(Cl)c2)n1C. The molecule has 0 bridgehead atoms. The molecule has 3 aromatic heterocycles. The van der Waals surface area contributed by atoms with E-state index in [-0.39, 0.29) is 11.4 Å². The minimum absolute atomic E-state index is 0.0361. The lowest BCUT2D eigenvalue weighted by Crippen LogP contribution is -2.25. The van der Waals surface area contributed by atoms with Crippen molar-refractivity contribution in [2.75, 3.05) is 16.8 Å². The van der Waals surface area contributed by atoms with Crippen LogP contribution in [0.15, 0.2) is 77.7 Å². The van der Waals surface area contributed by atoms with Gasteiger partial charge in [-0.05, 0) is 49.4 Å². The van der Waals surface area contributed by atoms with Gasteiger partial charge in [-0.2, -0.15) is 0 Å². The van der Waals surface area contributed by atoms with Crippen LogP contribution in [0, 0.1) is 6.92 Å². The molecule has 5 N–H and O–H groups in total. The van der Waals surface area contributed by atoms with Gasteiger partial charge in [-0.3, -0.25) is 14.3 Å². The normalized spacial score (nSPS) is 10.9. The Kier molecular flexibility index (Phi) is 6.39. The Bertz CT molecular complexity index is 1740. The van der Waals surface area contributed by atoms with Gasteiger partial charge in [-0.1, -0.05) is 35.9 Å². The van der Waals surface area contributed by atoms with Crippen molar-refractivity contribution < 1.29 is 4.79 Å². The highest BCUT2D eigenvalue weighted by Crippen LogP contribution is 2.27. The minimum atomic E-state index is -0.523. The predicted molar refractivity (Wildman–Crippen MR) is 148 cm³/mol. The number of rotatable bonds is 5. The highest BCUT2D eigenvalue weighted by atomic mass is 35.5. The molecule has 0 unspecified atom stereocenters. The standard InChI is InChI=1S/C27H23ClN8O2/c1-15-23(27(38)36(35(15)2)19-6-3-5-17(28)13-19)26(37)32-18-11-9-16(10-12-18)24-25(30)31-14-21(34-24)20-7-4-8-22(29)33-20/h3-14H,1-2H3,(H2,29,33)(H2,30,31)(H,32,37). The lowest BCUT2D eigenvalue weighted by molar-refractivity contribution is 0.102. The van der Waals surface area contributed by atoms with E-state index in [2.05, 4.69) is 20.3 Å². The Morgan fingerprint density at radius 2 is 1.71 bits per heavy atom. The molecule has 0 fully saturated rings. The molecular formula is C27H23ClN8O2. The molecule has 5 aromatic rings. The van der Waals surface area contributed by atoms with Crippen LogP contribution in [0.3, 0.4) is 0 Å². The number of amides is 1. The molecule has 0 radical (unpaired) electrons. The second-order valence-corrected chi connectivity index (χ2v) is 8.99. The van der Waals surface area contributed by atoms with Gasteiger partial charge < -0.3 is 16.8 Å². The molecule has 0 saturated carbocycles. The number of carbonyl (C=O) groups is 1. The van der Waals surface area contributed by atoms with Crippen molar-refractivity contribution in [3.63, 3.8) is 0 Å². The summed E-state index contributed by atoms with van der Waals surface area (Å²) in [5.74, 6) is 0.0948. The molecule has 10 nitrogen and oxygen atoms in total. The number of nitrogens with two attached hydrogens (primary N) is 2. The van der Waals surface area contributed by atoms with Crippen LogP contribution in [0.4, 0.5) is 17.3 Å². The van der Waals surface area contributed by atoms with E-state index in [1.807, 2.05) is 0 Å². The van der Waals surface area contributed by atoms with Crippen LogP contribution in [0.1, 0.15) is 16.1 Å². The van der Waals surface area contributed by atoms with Gasteiger partial charge in [-0.25, -0.2) is 19.6 Å². The molecule has 0 aliphatic carbocycles. The van der Waals surface area contributed by atoms with Crippen LogP contribution in [-0.2, 0) is 7.05 Å². The first-order valence-electron chi connectivity index (χ1n) is 11.5. The Balaban J connectivity index is 1.41. The summed E-state index contributed by atoms with van der Waals surface area (Å²) in [5.41, 5.74) is 15.3. The molecule has 5 rings (SSSR count). The van der Waals surface area contributed by atoms with Crippen molar-refractivity contribution in [2.45, 2.75) is 6.92 Å². The van der Waals surface area contributed by atoms with Crippen molar-refractivity contribution in [2.24, 2.45) is 7.05 Å². The molecule has 11 heteroatoms. The van der Waals surface area contributed by atoms with Crippen LogP contribution in [0.25, 0.3) is 28.3 Å². The van der Waals surface area contributed by atoms with E-state index in [4.69, 9.17) is 23.1 Å². The summed E-state index contributed by atoms with van der Waals surface area (Å²) >= 11 is 6.10. The Labute approximate surface area is 222 Å². The minimum Gasteiger partial charge on any atom is -0.384 e. The third kappa shape index (κ3) is 4.60. The fourth-order valence-corrected chi connectivity index (χ4v) is 4.29. The zero-order valence-corrected chi connectivity index (χ0v) is 21.3. The van der Waals surface area contributed by atoms with E-state index in [0.29, 0.717) is 50.6 Å². The maximum Gasteiger partial charge on any atom is 0.284 e. The number of nitrogens with one attached hydrogen (secondary N) is 1. The number of anilines is 3. The van der Waals surface area contributed by atoms with E-state index < -0.39 is 11.5 Å².